The highest BCUT2D eigenvalue weighted by molar-refractivity contribution is 7.27. The van der Waals surface area contributed by atoms with E-state index in [2.05, 4.69) is 25.2 Å². The lowest BCUT2D eigenvalue weighted by molar-refractivity contribution is 0.330. The van der Waals surface area contributed by atoms with Gasteiger partial charge in [-0.3, -0.25) is 0 Å². The molecule has 0 saturated heterocycles. The van der Waals surface area contributed by atoms with Crippen molar-refractivity contribution < 1.29 is 5.11 Å². The maximum Gasteiger partial charge on any atom is 0.155 e. The van der Waals surface area contributed by atoms with Crippen LogP contribution in [0.3, 0.4) is 0 Å². The first-order valence-corrected chi connectivity index (χ1v) is 9.06. The molecule has 0 aliphatic heterocycles. The molecule has 2 aliphatic carbocycles. The second-order valence-corrected chi connectivity index (χ2v) is 7.50. The summed E-state index contributed by atoms with van der Waals surface area (Å²) in [5, 5.41) is 11.3. The van der Waals surface area contributed by atoms with Gasteiger partial charge in [-0.15, -0.1) is 0 Å². The molecular formula is C17H16N2OS2. The van der Waals surface area contributed by atoms with Crippen molar-refractivity contribution in [2.24, 2.45) is 0 Å². The number of aliphatic hydroxyl groups excluding tert-OH is 1. The van der Waals surface area contributed by atoms with Crippen LogP contribution in [0.2, 0.25) is 0 Å². The molecule has 2 aliphatic rings. The van der Waals surface area contributed by atoms with Gasteiger partial charge in [-0.1, -0.05) is 59.5 Å². The lowest BCUT2D eigenvalue weighted by Gasteiger charge is -1.99. The average Bonchev–Trinajstić information content (AvgIpc) is 3.27. The third-order valence-electron chi connectivity index (χ3n) is 4.06. The molecule has 3 nitrogen and oxygen atoms in total. The van der Waals surface area contributed by atoms with Gasteiger partial charge in [0.25, 0.3) is 0 Å². The van der Waals surface area contributed by atoms with Crippen LogP contribution in [0.4, 0.5) is 0 Å². The van der Waals surface area contributed by atoms with Crippen molar-refractivity contribution in [3.63, 3.8) is 0 Å². The highest BCUT2D eigenvalue weighted by Crippen LogP contribution is 2.38. The fourth-order valence-corrected chi connectivity index (χ4v) is 4.81. The Morgan fingerprint density at radius 1 is 0.909 bits per heavy atom. The molecule has 2 aromatic heterocycles. The van der Waals surface area contributed by atoms with Gasteiger partial charge in [-0.25, -0.2) is 9.97 Å². The highest BCUT2D eigenvalue weighted by Gasteiger charge is 2.19. The molecule has 0 amide bonds. The van der Waals surface area contributed by atoms with Gasteiger partial charge in [0.2, 0.25) is 0 Å². The van der Waals surface area contributed by atoms with Gasteiger partial charge in [0, 0.05) is 0 Å². The maximum absolute atomic E-state index is 9.19. The summed E-state index contributed by atoms with van der Waals surface area (Å²) in [6.07, 6.45) is 11.4. The van der Waals surface area contributed by atoms with Crippen molar-refractivity contribution in [3.05, 3.63) is 45.5 Å². The van der Waals surface area contributed by atoms with Gasteiger partial charge in [-0.05, 0) is 36.0 Å². The fraction of sp³-hybridized carbons (Fsp3) is 0.294. The number of allylic oxidation sites excluding steroid dienone is 7. The van der Waals surface area contributed by atoms with Gasteiger partial charge < -0.3 is 5.11 Å². The molecule has 0 aromatic carbocycles. The van der Waals surface area contributed by atoms with Crippen LogP contribution in [0, 0.1) is 0 Å². The Bertz CT molecular complexity index is 765. The number of nitrogens with zero attached hydrogens (tertiary/aromatic N) is 2. The summed E-state index contributed by atoms with van der Waals surface area (Å²) in [5.41, 5.74) is 5.03. The number of thiazole rings is 2. The summed E-state index contributed by atoms with van der Waals surface area (Å²) in [6.45, 7) is 2.32. The second-order valence-electron chi connectivity index (χ2n) is 5.55. The zero-order valence-electron chi connectivity index (χ0n) is 12.3. The lowest BCUT2D eigenvalue weighted by atomic mass is 10.1. The Hall–Kier alpha value is -1.56. The van der Waals surface area contributed by atoms with Gasteiger partial charge in [0.05, 0.1) is 6.61 Å². The van der Waals surface area contributed by atoms with E-state index in [0.29, 0.717) is 0 Å². The van der Waals surface area contributed by atoms with Crippen LogP contribution in [0.5, 0.6) is 0 Å². The molecule has 112 valence electrons. The first kappa shape index (κ1) is 14.1. The molecule has 0 saturated carbocycles. The van der Waals surface area contributed by atoms with Crippen molar-refractivity contribution in [3.8, 4) is 0 Å². The van der Waals surface area contributed by atoms with E-state index in [-0.39, 0.29) is 6.61 Å². The first-order valence-electron chi connectivity index (χ1n) is 7.43. The molecule has 0 unspecified atom stereocenters. The van der Waals surface area contributed by atoms with E-state index >= 15 is 0 Å². The predicted molar refractivity (Wildman–Crippen MR) is 94.0 cm³/mol. The molecule has 1 N–H and O–H groups in total. The molecule has 22 heavy (non-hydrogen) atoms. The Morgan fingerprint density at radius 2 is 1.45 bits per heavy atom. The first-order chi connectivity index (χ1) is 10.8. The second kappa shape index (κ2) is 5.57. The molecule has 4 rings (SSSR count). The fourth-order valence-electron chi connectivity index (χ4n) is 2.72. The molecule has 2 heterocycles. The highest BCUT2D eigenvalue weighted by atomic mass is 32.1. The van der Waals surface area contributed by atoms with Crippen molar-refractivity contribution in [1.82, 2.24) is 9.97 Å². The van der Waals surface area contributed by atoms with Crippen molar-refractivity contribution in [2.45, 2.75) is 26.2 Å². The van der Waals surface area contributed by atoms with Crippen molar-refractivity contribution in [2.75, 3.05) is 6.61 Å². The largest absolute Gasteiger partial charge is 0.392 e. The number of fused-ring (bicyclic) bond motifs is 1. The van der Waals surface area contributed by atoms with Crippen LogP contribution >= 0.6 is 22.7 Å². The maximum atomic E-state index is 9.19. The number of hydrogen-bond donors (Lipinski definition) is 1. The van der Waals surface area contributed by atoms with Crippen LogP contribution in [0.15, 0.2) is 35.5 Å². The third kappa shape index (κ3) is 2.39. The van der Waals surface area contributed by atoms with Crippen LogP contribution in [0.25, 0.3) is 20.8 Å². The van der Waals surface area contributed by atoms with Gasteiger partial charge >= 0.3 is 0 Å². The Labute approximate surface area is 137 Å². The monoisotopic (exact) mass is 328 g/mol. The quantitative estimate of drug-likeness (QED) is 0.893. The molecule has 0 spiro atoms. The summed E-state index contributed by atoms with van der Waals surface area (Å²) < 4.78 is 0. The molecule has 0 fully saturated rings. The molecular weight excluding hydrogens is 312 g/mol. The zero-order valence-corrected chi connectivity index (χ0v) is 13.9. The van der Waals surface area contributed by atoms with Crippen LogP contribution in [-0.4, -0.2) is 21.7 Å². The lowest BCUT2D eigenvalue weighted by Crippen LogP contribution is -1.87. The minimum atomic E-state index is 0.128. The van der Waals surface area contributed by atoms with Crippen molar-refractivity contribution in [1.29, 1.82) is 0 Å². The number of aliphatic hydroxyl groups is 1. The predicted octanol–water partition coefficient (Wildman–Crippen LogP) is 4.58. The van der Waals surface area contributed by atoms with Crippen molar-refractivity contribution >= 4 is 43.5 Å². The SMILES string of the molecule is CCC1=CC=C(c2nc3sc(C4=CC=C(CO)C4)nc3s2)C1. The average molecular weight is 328 g/mol. The molecule has 5 heteroatoms. The Kier molecular flexibility index (Phi) is 3.56. The molecule has 2 aromatic rings. The normalized spacial score (nSPS) is 17.7. The molecule has 0 radical (unpaired) electrons. The van der Waals surface area contributed by atoms with E-state index in [9.17, 15) is 5.11 Å². The minimum Gasteiger partial charge on any atom is -0.392 e. The van der Waals surface area contributed by atoms with E-state index in [1.165, 1.54) is 16.7 Å². The van der Waals surface area contributed by atoms with E-state index in [4.69, 9.17) is 9.97 Å². The van der Waals surface area contributed by atoms with Gasteiger partial charge in [0.1, 0.15) is 10.0 Å². The van der Waals surface area contributed by atoms with Gasteiger partial charge in [-0.2, -0.15) is 0 Å². The van der Waals surface area contributed by atoms with E-state index in [1.54, 1.807) is 22.7 Å². The standard InChI is InChI=1S/C17H16N2OS2/c1-2-10-3-5-12(7-10)14-18-16-17(21-14)19-15(22-16)13-6-4-11(8-13)9-20/h3-6,20H,2,7-9H2,1H3. The molecule has 0 atom stereocenters. The summed E-state index contributed by atoms with van der Waals surface area (Å²) in [5.74, 6) is 0. The van der Waals surface area contributed by atoms with E-state index in [1.807, 2.05) is 6.08 Å². The summed E-state index contributed by atoms with van der Waals surface area (Å²) >= 11 is 3.34. The minimum absolute atomic E-state index is 0.128. The topological polar surface area (TPSA) is 46.0 Å². The van der Waals surface area contributed by atoms with Crippen LogP contribution in [0.1, 0.15) is 36.2 Å². The summed E-state index contributed by atoms with van der Waals surface area (Å²) in [6, 6.07) is 0. The number of aromatic nitrogens is 2. The smallest absolute Gasteiger partial charge is 0.155 e. The number of rotatable bonds is 4. The molecule has 0 bridgehead atoms. The number of hydrogen-bond acceptors (Lipinski definition) is 5. The Morgan fingerprint density at radius 3 is 1.91 bits per heavy atom. The van der Waals surface area contributed by atoms with E-state index in [0.717, 1.165) is 44.5 Å². The van der Waals surface area contributed by atoms with Crippen LogP contribution in [-0.2, 0) is 0 Å². The summed E-state index contributed by atoms with van der Waals surface area (Å²) in [7, 11) is 0. The van der Waals surface area contributed by atoms with Crippen LogP contribution < -0.4 is 0 Å². The third-order valence-corrected chi connectivity index (χ3v) is 6.24. The van der Waals surface area contributed by atoms with E-state index < -0.39 is 0 Å². The zero-order chi connectivity index (χ0) is 15.1. The summed E-state index contributed by atoms with van der Waals surface area (Å²) in [4.78, 5) is 11.6. The Balaban J connectivity index is 1.57. The van der Waals surface area contributed by atoms with Gasteiger partial charge in [0.15, 0.2) is 9.66 Å².